The quantitative estimate of drug-likeness (QED) is 0.768. The van der Waals surface area contributed by atoms with Gasteiger partial charge in [0.1, 0.15) is 6.29 Å². The van der Waals surface area contributed by atoms with Crippen molar-refractivity contribution in [3.05, 3.63) is 35.9 Å². The molecule has 1 aliphatic rings. The summed E-state index contributed by atoms with van der Waals surface area (Å²) in [6, 6.07) is 10.3. The molecule has 0 radical (unpaired) electrons. The monoisotopic (exact) mass is 248 g/mol. The maximum absolute atomic E-state index is 10.9. The molecule has 0 atom stereocenters. The molecule has 0 saturated carbocycles. The summed E-state index contributed by atoms with van der Waals surface area (Å²) in [7, 11) is 0. The lowest BCUT2D eigenvalue weighted by Crippen LogP contribution is -2.47. The highest BCUT2D eigenvalue weighted by atomic mass is 16.7. The average molecular weight is 248 g/mol. The number of rotatable bonds is 4. The third-order valence-corrected chi connectivity index (χ3v) is 3.41. The topological polar surface area (TPSA) is 35.5 Å². The van der Waals surface area contributed by atoms with Gasteiger partial charge in [0, 0.05) is 6.42 Å². The molecule has 0 N–H and O–H groups in total. The SMILES string of the molecule is CC1(C=O)COC(C)(CCc2ccccc2)OC1. The molecule has 0 unspecified atom stereocenters. The Balaban J connectivity index is 1.88. The standard InChI is InChI=1S/C15H20O3/c1-14(10-16)11-17-15(2,18-12-14)9-8-13-6-4-3-5-7-13/h3-7,10H,8-9,11-12H2,1-2H3. The smallest absolute Gasteiger partial charge is 0.165 e. The Morgan fingerprint density at radius 3 is 2.33 bits per heavy atom. The Morgan fingerprint density at radius 2 is 1.78 bits per heavy atom. The summed E-state index contributed by atoms with van der Waals surface area (Å²) in [5.74, 6) is -0.571. The zero-order valence-corrected chi connectivity index (χ0v) is 11.0. The van der Waals surface area contributed by atoms with Gasteiger partial charge in [0.15, 0.2) is 5.79 Å². The Bertz CT molecular complexity index is 391. The molecule has 1 saturated heterocycles. The number of carbonyl (C=O) groups is 1. The summed E-state index contributed by atoms with van der Waals surface area (Å²) >= 11 is 0. The van der Waals surface area contributed by atoms with Crippen LogP contribution in [0.15, 0.2) is 30.3 Å². The normalized spacial score (nSPS) is 32.1. The van der Waals surface area contributed by atoms with E-state index in [1.807, 2.05) is 32.0 Å². The first-order valence-electron chi connectivity index (χ1n) is 6.33. The van der Waals surface area contributed by atoms with Gasteiger partial charge in [0.2, 0.25) is 0 Å². The van der Waals surface area contributed by atoms with Gasteiger partial charge in [-0.3, -0.25) is 0 Å². The lowest BCUT2D eigenvalue weighted by molar-refractivity contribution is -0.286. The summed E-state index contributed by atoms with van der Waals surface area (Å²) in [6.45, 7) is 4.67. The Kier molecular flexibility index (Phi) is 3.83. The minimum atomic E-state index is -0.571. The van der Waals surface area contributed by atoms with Crippen LogP contribution in [0.4, 0.5) is 0 Å². The number of hydrogen-bond donors (Lipinski definition) is 0. The van der Waals surface area contributed by atoms with Crippen LogP contribution in [-0.4, -0.2) is 25.3 Å². The summed E-state index contributed by atoms with van der Waals surface area (Å²) in [5.41, 5.74) is 0.779. The first kappa shape index (κ1) is 13.2. The average Bonchev–Trinajstić information content (AvgIpc) is 2.42. The van der Waals surface area contributed by atoms with Gasteiger partial charge < -0.3 is 14.3 Å². The third-order valence-electron chi connectivity index (χ3n) is 3.41. The first-order valence-corrected chi connectivity index (χ1v) is 6.33. The van der Waals surface area contributed by atoms with Crippen molar-refractivity contribution in [2.45, 2.75) is 32.5 Å². The van der Waals surface area contributed by atoms with Crippen molar-refractivity contribution in [2.24, 2.45) is 5.41 Å². The molecule has 2 rings (SSSR count). The van der Waals surface area contributed by atoms with E-state index in [2.05, 4.69) is 12.1 Å². The van der Waals surface area contributed by atoms with Crippen LogP contribution in [-0.2, 0) is 20.7 Å². The van der Waals surface area contributed by atoms with Crippen molar-refractivity contribution in [2.75, 3.05) is 13.2 Å². The Hall–Kier alpha value is -1.19. The maximum Gasteiger partial charge on any atom is 0.165 e. The predicted molar refractivity (Wildman–Crippen MR) is 69.2 cm³/mol. The fourth-order valence-electron chi connectivity index (χ4n) is 1.95. The molecular weight excluding hydrogens is 228 g/mol. The number of hydrogen-bond acceptors (Lipinski definition) is 3. The summed E-state index contributed by atoms with van der Waals surface area (Å²) < 4.78 is 11.5. The largest absolute Gasteiger partial charge is 0.349 e. The van der Waals surface area contributed by atoms with Gasteiger partial charge in [-0.25, -0.2) is 0 Å². The van der Waals surface area contributed by atoms with Gasteiger partial charge in [0.05, 0.1) is 18.6 Å². The van der Waals surface area contributed by atoms with E-state index in [-0.39, 0.29) is 0 Å². The molecule has 0 aromatic heterocycles. The summed E-state index contributed by atoms with van der Waals surface area (Å²) in [5, 5.41) is 0. The fraction of sp³-hybridized carbons (Fsp3) is 0.533. The lowest BCUT2D eigenvalue weighted by Gasteiger charge is -2.40. The van der Waals surface area contributed by atoms with E-state index in [9.17, 15) is 4.79 Å². The molecule has 0 spiro atoms. The van der Waals surface area contributed by atoms with Crippen molar-refractivity contribution in [3.63, 3.8) is 0 Å². The van der Waals surface area contributed by atoms with E-state index in [1.165, 1.54) is 5.56 Å². The predicted octanol–water partition coefficient (Wildman–Crippen LogP) is 2.59. The van der Waals surface area contributed by atoms with Gasteiger partial charge in [-0.15, -0.1) is 0 Å². The van der Waals surface area contributed by atoms with Crippen LogP contribution in [0.3, 0.4) is 0 Å². The second-order valence-electron chi connectivity index (χ2n) is 5.47. The van der Waals surface area contributed by atoms with Crippen LogP contribution in [0.2, 0.25) is 0 Å². The zero-order chi connectivity index (χ0) is 13.1. The Morgan fingerprint density at radius 1 is 1.17 bits per heavy atom. The second-order valence-corrected chi connectivity index (χ2v) is 5.47. The summed E-state index contributed by atoms with van der Waals surface area (Å²) in [4.78, 5) is 10.9. The van der Waals surface area contributed by atoms with Crippen molar-refractivity contribution in [3.8, 4) is 0 Å². The van der Waals surface area contributed by atoms with Crippen molar-refractivity contribution >= 4 is 6.29 Å². The maximum atomic E-state index is 10.9. The minimum Gasteiger partial charge on any atom is -0.349 e. The van der Waals surface area contributed by atoms with E-state index in [4.69, 9.17) is 9.47 Å². The molecule has 1 aliphatic heterocycles. The van der Waals surface area contributed by atoms with Crippen LogP contribution in [0.1, 0.15) is 25.8 Å². The van der Waals surface area contributed by atoms with Crippen molar-refractivity contribution in [1.29, 1.82) is 0 Å². The highest BCUT2D eigenvalue weighted by molar-refractivity contribution is 5.59. The molecule has 3 nitrogen and oxygen atoms in total. The number of ether oxygens (including phenoxy) is 2. The van der Waals surface area contributed by atoms with Gasteiger partial charge in [-0.1, -0.05) is 30.3 Å². The van der Waals surface area contributed by atoms with Crippen LogP contribution in [0.25, 0.3) is 0 Å². The number of carbonyl (C=O) groups excluding carboxylic acids is 1. The molecule has 0 amide bonds. The zero-order valence-electron chi connectivity index (χ0n) is 11.0. The Labute approximate surface area is 108 Å². The molecule has 1 aromatic carbocycles. The van der Waals surface area contributed by atoms with Crippen molar-refractivity contribution < 1.29 is 14.3 Å². The molecule has 1 aromatic rings. The van der Waals surface area contributed by atoms with E-state index < -0.39 is 11.2 Å². The van der Waals surface area contributed by atoms with E-state index in [0.29, 0.717) is 13.2 Å². The molecule has 1 heterocycles. The fourth-order valence-corrected chi connectivity index (χ4v) is 1.95. The highest BCUT2D eigenvalue weighted by Gasteiger charge is 2.38. The number of aryl methyl sites for hydroxylation is 1. The van der Waals surface area contributed by atoms with Crippen LogP contribution in [0, 0.1) is 5.41 Å². The first-order chi connectivity index (χ1) is 8.55. The second kappa shape index (κ2) is 5.21. The van der Waals surface area contributed by atoms with Gasteiger partial charge in [-0.2, -0.15) is 0 Å². The molecule has 18 heavy (non-hydrogen) atoms. The van der Waals surface area contributed by atoms with Gasteiger partial charge >= 0.3 is 0 Å². The molecule has 3 heteroatoms. The number of benzene rings is 1. The van der Waals surface area contributed by atoms with E-state index >= 15 is 0 Å². The molecule has 1 fully saturated rings. The number of aldehydes is 1. The van der Waals surface area contributed by atoms with Gasteiger partial charge in [-0.05, 0) is 25.8 Å². The highest BCUT2D eigenvalue weighted by Crippen LogP contribution is 2.31. The summed E-state index contributed by atoms with van der Waals surface area (Å²) in [6.07, 6.45) is 2.63. The minimum absolute atomic E-state index is 0.432. The van der Waals surface area contributed by atoms with Crippen LogP contribution >= 0.6 is 0 Å². The lowest BCUT2D eigenvalue weighted by atomic mass is 9.93. The molecule has 0 bridgehead atoms. The molecule has 0 aliphatic carbocycles. The molecular formula is C15H20O3. The molecule has 98 valence electrons. The van der Waals surface area contributed by atoms with Crippen LogP contribution < -0.4 is 0 Å². The van der Waals surface area contributed by atoms with E-state index in [1.54, 1.807) is 0 Å². The van der Waals surface area contributed by atoms with Crippen LogP contribution in [0.5, 0.6) is 0 Å². The van der Waals surface area contributed by atoms with Gasteiger partial charge in [0.25, 0.3) is 0 Å². The van der Waals surface area contributed by atoms with Crippen molar-refractivity contribution in [1.82, 2.24) is 0 Å². The van der Waals surface area contributed by atoms with E-state index in [0.717, 1.165) is 19.1 Å². The third kappa shape index (κ3) is 3.18.